The van der Waals surface area contributed by atoms with E-state index in [0.29, 0.717) is 0 Å². The average Bonchev–Trinajstić information content (AvgIpc) is 2.57. The lowest BCUT2D eigenvalue weighted by Gasteiger charge is -2.37. The number of H-pyrrole nitrogens is 1. The Balaban J connectivity index is 1.91. The highest BCUT2D eigenvalue weighted by molar-refractivity contribution is 5.73. The van der Waals surface area contributed by atoms with Gasteiger partial charge in [0.15, 0.2) is 0 Å². The molecule has 3 rings (SSSR count). The van der Waals surface area contributed by atoms with Crippen molar-refractivity contribution in [3.63, 3.8) is 0 Å². The van der Waals surface area contributed by atoms with E-state index >= 15 is 0 Å². The van der Waals surface area contributed by atoms with Crippen LogP contribution in [0.5, 0.6) is 0 Å². The smallest absolute Gasteiger partial charge is 0.109 e. The predicted octanol–water partition coefficient (Wildman–Crippen LogP) is 1.38. The molecule has 0 amide bonds. The molecule has 3 N–H and O–H groups in total. The Morgan fingerprint density at radius 1 is 1.47 bits per heavy atom. The minimum atomic E-state index is -0.0126. The van der Waals surface area contributed by atoms with E-state index in [9.17, 15) is 0 Å². The van der Waals surface area contributed by atoms with Gasteiger partial charge in [-0.3, -0.25) is 4.98 Å². The molecule has 0 saturated heterocycles. The van der Waals surface area contributed by atoms with Gasteiger partial charge in [-0.25, -0.2) is 4.98 Å². The van der Waals surface area contributed by atoms with Crippen molar-refractivity contribution in [3.05, 3.63) is 24.3 Å². The van der Waals surface area contributed by atoms with Gasteiger partial charge in [-0.05, 0) is 25.3 Å². The van der Waals surface area contributed by atoms with Crippen molar-refractivity contribution in [2.75, 3.05) is 0 Å². The maximum Gasteiger partial charge on any atom is 0.109 e. The summed E-state index contributed by atoms with van der Waals surface area (Å²) in [6.45, 7) is 0. The fraction of sp³-hybridized carbons (Fsp3) is 0.455. The van der Waals surface area contributed by atoms with E-state index in [4.69, 9.17) is 5.73 Å². The third kappa shape index (κ3) is 1.51. The molecule has 0 aromatic carbocycles. The van der Waals surface area contributed by atoms with Crippen LogP contribution in [-0.2, 0) is 6.42 Å². The van der Waals surface area contributed by atoms with Crippen LogP contribution < -0.4 is 5.73 Å². The minimum Gasteiger partial charge on any atom is -0.341 e. The molecule has 0 unspecified atom stereocenters. The zero-order valence-electron chi connectivity index (χ0n) is 8.53. The highest BCUT2D eigenvalue weighted by Gasteiger charge is 2.33. The van der Waals surface area contributed by atoms with Crippen molar-refractivity contribution in [1.82, 2.24) is 15.0 Å². The summed E-state index contributed by atoms with van der Waals surface area (Å²) in [4.78, 5) is 11.8. The molecule has 0 aliphatic heterocycles. The fourth-order valence-corrected chi connectivity index (χ4v) is 2.13. The monoisotopic (exact) mass is 202 g/mol. The average molecular weight is 202 g/mol. The summed E-state index contributed by atoms with van der Waals surface area (Å²) >= 11 is 0. The van der Waals surface area contributed by atoms with E-state index in [2.05, 4.69) is 15.0 Å². The Morgan fingerprint density at radius 2 is 2.33 bits per heavy atom. The van der Waals surface area contributed by atoms with E-state index in [1.54, 1.807) is 12.4 Å². The van der Waals surface area contributed by atoms with Crippen molar-refractivity contribution in [1.29, 1.82) is 0 Å². The van der Waals surface area contributed by atoms with Crippen LogP contribution in [0, 0.1) is 0 Å². The van der Waals surface area contributed by atoms with Gasteiger partial charge in [0, 0.05) is 18.2 Å². The molecular weight excluding hydrogens is 188 g/mol. The van der Waals surface area contributed by atoms with Crippen molar-refractivity contribution < 1.29 is 0 Å². The van der Waals surface area contributed by atoms with Gasteiger partial charge in [0.1, 0.15) is 5.82 Å². The van der Waals surface area contributed by atoms with E-state index in [-0.39, 0.29) is 5.54 Å². The Bertz CT molecular complexity index is 451. The maximum atomic E-state index is 6.18. The Hall–Kier alpha value is -1.42. The van der Waals surface area contributed by atoms with Gasteiger partial charge in [-0.15, -0.1) is 0 Å². The van der Waals surface area contributed by atoms with Gasteiger partial charge in [0.25, 0.3) is 0 Å². The summed E-state index contributed by atoms with van der Waals surface area (Å²) in [6.07, 6.45) is 7.88. The number of pyridine rings is 1. The number of hydrogen-bond acceptors (Lipinski definition) is 3. The molecule has 2 heterocycles. The van der Waals surface area contributed by atoms with Gasteiger partial charge >= 0.3 is 0 Å². The topological polar surface area (TPSA) is 67.6 Å². The molecule has 1 aliphatic rings. The normalized spacial score (nSPS) is 19.0. The van der Waals surface area contributed by atoms with Crippen molar-refractivity contribution in [2.45, 2.75) is 31.2 Å². The molecule has 1 saturated carbocycles. The molecule has 1 aliphatic carbocycles. The molecular formula is C11H14N4. The first-order valence-corrected chi connectivity index (χ1v) is 5.33. The summed E-state index contributed by atoms with van der Waals surface area (Å²) in [6, 6.07) is 1.92. The fourth-order valence-electron chi connectivity index (χ4n) is 2.13. The van der Waals surface area contributed by atoms with Crippen LogP contribution in [0.3, 0.4) is 0 Å². The second-order valence-corrected chi connectivity index (χ2v) is 4.47. The largest absolute Gasteiger partial charge is 0.341 e. The maximum absolute atomic E-state index is 6.18. The summed E-state index contributed by atoms with van der Waals surface area (Å²) in [5.41, 5.74) is 8.14. The molecule has 4 nitrogen and oxygen atoms in total. The second-order valence-electron chi connectivity index (χ2n) is 4.47. The molecule has 2 aromatic rings. The number of aromatic amines is 1. The van der Waals surface area contributed by atoms with Gasteiger partial charge < -0.3 is 10.7 Å². The summed E-state index contributed by atoms with van der Waals surface area (Å²) in [5.74, 6) is 0.986. The number of rotatable bonds is 2. The zero-order chi connectivity index (χ0) is 10.3. The SMILES string of the molecule is NC1(Cc2nc3ccncc3[nH]2)CCC1. The minimum absolute atomic E-state index is 0.0126. The standard InChI is InChI=1S/C11H14N4/c12-11(3-1-4-11)6-10-14-8-2-5-13-7-9(8)15-10/h2,5,7H,1,3-4,6,12H2,(H,14,15). The van der Waals surface area contributed by atoms with Gasteiger partial charge in [0.05, 0.1) is 17.2 Å². The zero-order valence-corrected chi connectivity index (χ0v) is 8.53. The first kappa shape index (κ1) is 8.85. The molecule has 4 heteroatoms. The molecule has 0 radical (unpaired) electrons. The molecule has 78 valence electrons. The molecule has 1 fully saturated rings. The summed E-state index contributed by atoms with van der Waals surface area (Å²) in [5, 5.41) is 0. The highest BCUT2D eigenvalue weighted by atomic mass is 14.9. The molecule has 0 atom stereocenters. The number of nitrogens with zero attached hydrogens (tertiary/aromatic N) is 2. The van der Waals surface area contributed by atoms with E-state index in [1.165, 1.54) is 6.42 Å². The lowest BCUT2D eigenvalue weighted by Crippen LogP contribution is -2.48. The Morgan fingerprint density at radius 3 is 3.00 bits per heavy atom. The van der Waals surface area contributed by atoms with Crippen LogP contribution in [0.2, 0.25) is 0 Å². The number of nitrogens with two attached hydrogens (primary N) is 1. The summed E-state index contributed by atoms with van der Waals surface area (Å²) in [7, 11) is 0. The number of hydrogen-bond donors (Lipinski definition) is 2. The van der Waals surface area contributed by atoms with Crippen LogP contribution >= 0.6 is 0 Å². The molecule has 15 heavy (non-hydrogen) atoms. The first-order valence-electron chi connectivity index (χ1n) is 5.33. The predicted molar refractivity (Wildman–Crippen MR) is 58.4 cm³/mol. The van der Waals surface area contributed by atoms with Crippen LogP contribution in [-0.4, -0.2) is 20.5 Å². The van der Waals surface area contributed by atoms with Gasteiger partial charge in [-0.2, -0.15) is 0 Å². The summed E-state index contributed by atoms with van der Waals surface area (Å²) < 4.78 is 0. The van der Waals surface area contributed by atoms with E-state index < -0.39 is 0 Å². The van der Waals surface area contributed by atoms with Crippen LogP contribution in [0.4, 0.5) is 0 Å². The lowest BCUT2D eigenvalue weighted by atomic mass is 9.75. The van der Waals surface area contributed by atoms with Gasteiger partial charge in [0.2, 0.25) is 0 Å². The second kappa shape index (κ2) is 3.03. The number of aromatic nitrogens is 3. The number of fused-ring (bicyclic) bond motifs is 1. The lowest BCUT2D eigenvalue weighted by molar-refractivity contribution is 0.244. The van der Waals surface area contributed by atoms with Crippen molar-refractivity contribution in [3.8, 4) is 0 Å². The van der Waals surface area contributed by atoms with Crippen molar-refractivity contribution >= 4 is 11.0 Å². The number of imidazole rings is 1. The first-order chi connectivity index (χ1) is 7.25. The Kier molecular flexibility index (Phi) is 1.79. The van der Waals surface area contributed by atoms with Crippen LogP contribution in [0.25, 0.3) is 11.0 Å². The third-order valence-electron chi connectivity index (χ3n) is 3.20. The molecule has 2 aromatic heterocycles. The third-order valence-corrected chi connectivity index (χ3v) is 3.20. The van der Waals surface area contributed by atoms with Crippen LogP contribution in [0.1, 0.15) is 25.1 Å². The Labute approximate surface area is 87.9 Å². The highest BCUT2D eigenvalue weighted by Crippen LogP contribution is 2.31. The van der Waals surface area contributed by atoms with E-state index in [1.807, 2.05) is 6.07 Å². The molecule has 0 spiro atoms. The van der Waals surface area contributed by atoms with Crippen molar-refractivity contribution in [2.24, 2.45) is 5.73 Å². The number of nitrogens with one attached hydrogen (secondary N) is 1. The quantitative estimate of drug-likeness (QED) is 0.773. The van der Waals surface area contributed by atoms with Gasteiger partial charge in [-0.1, -0.05) is 0 Å². The van der Waals surface area contributed by atoms with Crippen LogP contribution in [0.15, 0.2) is 18.5 Å². The molecule has 0 bridgehead atoms. The van der Waals surface area contributed by atoms with E-state index in [0.717, 1.165) is 36.1 Å².